The van der Waals surface area contributed by atoms with E-state index in [2.05, 4.69) is 28.1 Å². The van der Waals surface area contributed by atoms with E-state index >= 15 is 0 Å². The Hall–Kier alpha value is -2.27. The molecule has 0 bridgehead atoms. The number of nitrogens with one attached hydrogen (secondary N) is 3. The third-order valence-electron chi connectivity index (χ3n) is 4.62. The van der Waals surface area contributed by atoms with E-state index in [0.717, 1.165) is 12.1 Å². The van der Waals surface area contributed by atoms with Gasteiger partial charge in [0.05, 0.1) is 6.17 Å². The molecular weight excluding hydrogens is 278 g/mol. The van der Waals surface area contributed by atoms with Crippen LogP contribution in [-0.4, -0.2) is 24.4 Å². The average Bonchev–Trinajstić information content (AvgIpc) is 3.09. The van der Waals surface area contributed by atoms with Crippen molar-refractivity contribution in [2.24, 2.45) is 11.8 Å². The molecule has 1 aliphatic carbocycles. The molecule has 0 saturated carbocycles. The summed E-state index contributed by atoms with van der Waals surface area (Å²) in [7, 11) is 0. The summed E-state index contributed by atoms with van der Waals surface area (Å²) in [5, 5.41) is 9.63. The second kappa shape index (κ2) is 5.50. The van der Waals surface area contributed by atoms with Crippen molar-refractivity contribution >= 4 is 11.8 Å². The van der Waals surface area contributed by atoms with Crippen LogP contribution in [0, 0.1) is 11.8 Å². The molecule has 2 heterocycles. The monoisotopic (exact) mass is 297 g/mol. The van der Waals surface area contributed by atoms with E-state index in [9.17, 15) is 4.79 Å². The number of fused-ring (bicyclic) bond motifs is 3. The molecule has 3 N–H and O–H groups in total. The number of carbonyl (C=O) groups excluding carboxylic acids is 1. The summed E-state index contributed by atoms with van der Waals surface area (Å²) in [4.78, 5) is 12.0. The first kappa shape index (κ1) is 13.4. The second-order valence-electron chi connectivity index (χ2n) is 5.99. The Morgan fingerprint density at radius 1 is 1.18 bits per heavy atom. The van der Waals surface area contributed by atoms with Gasteiger partial charge >= 0.3 is 6.09 Å². The van der Waals surface area contributed by atoms with E-state index in [1.165, 1.54) is 0 Å². The van der Waals surface area contributed by atoms with Crippen molar-refractivity contribution in [2.45, 2.75) is 24.7 Å². The molecule has 1 aromatic carbocycles. The van der Waals surface area contributed by atoms with Crippen LogP contribution >= 0.6 is 0 Å². The molecule has 5 heteroatoms. The summed E-state index contributed by atoms with van der Waals surface area (Å²) in [5.41, 5.74) is 0.746. The number of rotatable bonds is 2. The summed E-state index contributed by atoms with van der Waals surface area (Å²) in [6, 6.07) is 9.72. The fourth-order valence-electron chi connectivity index (χ4n) is 3.60. The van der Waals surface area contributed by atoms with Crippen LogP contribution in [0.3, 0.4) is 0 Å². The maximum absolute atomic E-state index is 12.0. The predicted octanol–water partition coefficient (Wildman–Crippen LogP) is 2.21. The van der Waals surface area contributed by atoms with Crippen LogP contribution in [0.15, 0.2) is 54.8 Å². The number of anilines is 1. The lowest BCUT2D eigenvalue weighted by atomic mass is 9.82. The maximum atomic E-state index is 12.0. The van der Waals surface area contributed by atoms with Crippen LogP contribution in [0.1, 0.15) is 6.42 Å². The zero-order chi connectivity index (χ0) is 14.9. The van der Waals surface area contributed by atoms with Crippen molar-refractivity contribution in [1.29, 1.82) is 0 Å². The Kier molecular flexibility index (Phi) is 3.35. The van der Waals surface area contributed by atoms with Crippen molar-refractivity contribution in [2.75, 3.05) is 5.32 Å². The van der Waals surface area contributed by atoms with Crippen LogP contribution in [0.2, 0.25) is 0 Å². The van der Waals surface area contributed by atoms with E-state index in [-0.39, 0.29) is 6.10 Å². The molecule has 0 spiro atoms. The minimum Gasteiger partial charge on any atom is -0.442 e. The minimum absolute atomic E-state index is 0.167. The van der Waals surface area contributed by atoms with Gasteiger partial charge in [-0.25, -0.2) is 4.79 Å². The van der Waals surface area contributed by atoms with Gasteiger partial charge in [-0.15, -0.1) is 0 Å². The molecule has 1 amide bonds. The van der Waals surface area contributed by atoms with E-state index in [0.29, 0.717) is 24.0 Å². The molecule has 1 fully saturated rings. The molecular formula is C17H19N3O2. The summed E-state index contributed by atoms with van der Waals surface area (Å²) < 4.78 is 5.54. The van der Waals surface area contributed by atoms with Crippen LogP contribution < -0.4 is 16.0 Å². The van der Waals surface area contributed by atoms with Crippen LogP contribution in [-0.2, 0) is 4.74 Å². The van der Waals surface area contributed by atoms with Gasteiger partial charge in [0, 0.05) is 17.6 Å². The van der Waals surface area contributed by atoms with Gasteiger partial charge in [0.25, 0.3) is 0 Å². The molecule has 114 valence electrons. The molecule has 5 nitrogen and oxygen atoms in total. The second-order valence-corrected chi connectivity index (χ2v) is 5.99. The number of hydrogen-bond donors (Lipinski definition) is 3. The molecule has 5 atom stereocenters. The van der Waals surface area contributed by atoms with Gasteiger partial charge < -0.3 is 10.1 Å². The van der Waals surface area contributed by atoms with Gasteiger partial charge in [-0.3, -0.25) is 10.6 Å². The van der Waals surface area contributed by atoms with Gasteiger partial charge in [0.2, 0.25) is 0 Å². The lowest BCUT2D eigenvalue weighted by Crippen LogP contribution is -2.38. The average molecular weight is 297 g/mol. The fraction of sp³-hybridized carbons (Fsp3) is 0.353. The standard InChI is InChI=1S/C17H19N3O2/c21-17(19-11-4-2-1-3-5-11)22-12-6-7-15-14(10-12)13-8-9-18-16(13)20-15/h1-9,12-16,18,20H,10H2,(H,19,21). The third-order valence-corrected chi connectivity index (χ3v) is 4.62. The van der Waals surface area contributed by atoms with Crippen LogP contribution in [0.25, 0.3) is 0 Å². The Balaban J connectivity index is 1.37. The number of benzene rings is 1. The normalized spacial score (nSPS) is 34.6. The topological polar surface area (TPSA) is 62.4 Å². The highest BCUT2D eigenvalue weighted by molar-refractivity contribution is 5.84. The molecule has 5 unspecified atom stereocenters. The highest BCUT2D eigenvalue weighted by atomic mass is 16.6. The number of carbonyl (C=O) groups is 1. The summed E-state index contributed by atoms with van der Waals surface area (Å²) in [6.45, 7) is 0. The van der Waals surface area contributed by atoms with Gasteiger partial charge in [-0.05, 0) is 36.7 Å². The molecule has 1 saturated heterocycles. The molecule has 0 radical (unpaired) electrons. The van der Waals surface area contributed by atoms with Crippen molar-refractivity contribution in [3.63, 3.8) is 0 Å². The van der Waals surface area contributed by atoms with E-state index in [1.54, 1.807) is 0 Å². The van der Waals surface area contributed by atoms with Gasteiger partial charge in [-0.2, -0.15) is 0 Å². The van der Waals surface area contributed by atoms with Gasteiger partial charge in [-0.1, -0.05) is 30.4 Å². The molecule has 3 aliphatic rings. The van der Waals surface area contributed by atoms with E-state index in [4.69, 9.17) is 4.74 Å². The first-order valence-corrected chi connectivity index (χ1v) is 7.69. The Morgan fingerprint density at radius 3 is 2.91 bits per heavy atom. The third kappa shape index (κ3) is 2.48. The number of para-hydroxylation sites is 1. The van der Waals surface area contributed by atoms with E-state index in [1.807, 2.05) is 42.6 Å². The number of hydrogen-bond acceptors (Lipinski definition) is 4. The number of amides is 1. The Morgan fingerprint density at radius 2 is 2.05 bits per heavy atom. The van der Waals surface area contributed by atoms with Crippen molar-refractivity contribution < 1.29 is 9.53 Å². The lowest BCUT2D eigenvalue weighted by Gasteiger charge is -2.28. The highest BCUT2D eigenvalue weighted by Crippen LogP contribution is 2.37. The zero-order valence-electron chi connectivity index (χ0n) is 12.1. The smallest absolute Gasteiger partial charge is 0.412 e. The van der Waals surface area contributed by atoms with Crippen LogP contribution in [0.5, 0.6) is 0 Å². The first-order chi connectivity index (χ1) is 10.8. The largest absolute Gasteiger partial charge is 0.442 e. The Bertz CT molecular complexity index is 614. The quantitative estimate of drug-likeness (QED) is 0.732. The van der Waals surface area contributed by atoms with Gasteiger partial charge in [0.1, 0.15) is 6.10 Å². The summed E-state index contributed by atoms with van der Waals surface area (Å²) in [5.74, 6) is 0.939. The molecule has 0 aromatic heterocycles. The predicted molar refractivity (Wildman–Crippen MR) is 84.1 cm³/mol. The summed E-state index contributed by atoms with van der Waals surface area (Å²) >= 11 is 0. The maximum Gasteiger partial charge on any atom is 0.412 e. The SMILES string of the molecule is O=C(Nc1ccccc1)OC1C=CC2NC3NC=CC3C2C1. The lowest BCUT2D eigenvalue weighted by molar-refractivity contribution is 0.111. The van der Waals surface area contributed by atoms with E-state index < -0.39 is 6.09 Å². The fourth-order valence-corrected chi connectivity index (χ4v) is 3.60. The highest BCUT2D eigenvalue weighted by Gasteiger charge is 2.44. The molecule has 22 heavy (non-hydrogen) atoms. The van der Waals surface area contributed by atoms with Gasteiger partial charge in [0.15, 0.2) is 0 Å². The van der Waals surface area contributed by atoms with Crippen LogP contribution in [0.4, 0.5) is 10.5 Å². The minimum atomic E-state index is -0.401. The molecule has 2 aliphatic heterocycles. The Labute approximate surface area is 129 Å². The molecule has 4 rings (SSSR count). The number of ether oxygens (including phenoxy) is 1. The zero-order valence-corrected chi connectivity index (χ0v) is 12.1. The van der Waals surface area contributed by atoms with Crippen molar-refractivity contribution in [3.05, 3.63) is 54.8 Å². The van der Waals surface area contributed by atoms with Crippen molar-refractivity contribution in [1.82, 2.24) is 10.6 Å². The molecule has 1 aromatic rings. The summed E-state index contributed by atoms with van der Waals surface area (Å²) in [6.07, 6.45) is 8.94. The first-order valence-electron chi connectivity index (χ1n) is 7.69. The van der Waals surface area contributed by atoms with Crippen molar-refractivity contribution in [3.8, 4) is 0 Å².